The number of nitrogens with two attached hydrogens (primary N) is 1. The topological polar surface area (TPSA) is 108 Å². The van der Waals surface area contributed by atoms with E-state index in [4.69, 9.17) is 19.9 Å². The average Bonchev–Trinajstić information content (AvgIpc) is 2.68. The molecule has 0 spiro atoms. The van der Waals surface area contributed by atoms with E-state index in [0.29, 0.717) is 17.2 Å². The lowest BCUT2D eigenvalue weighted by atomic mass is 10.1. The van der Waals surface area contributed by atoms with Crippen molar-refractivity contribution in [3.05, 3.63) is 35.6 Å². The second-order valence-corrected chi connectivity index (χ2v) is 6.56. The van der Waals surface area contributed by atoms with E-state index in [2.05, 4.69) is 15.6 Å². The summed E-state index contributed by atoms with van der Waals surface area (Å²) in [5, 5.41) is 5.99. The van der Waals surface area contributed by atoms with Crippen LogP contribution in [0, 0.1) is 5.82 Å². The van der Waals surface area contributed by atoms with E-state index >= 15 is 0 Å². The Morgan fingerprint density at radius 2 is 1.76 bits per heavy atom. The van der Waals surface area contributed by atoms with Gasteiger partial charge in [0.05, 0.1) is 32.4 Å². The molecule has 0 aliphatic heterocycles. The number of carbonyl (C=O) groups excluding carboxylic acids is 1. The molecule has 0 bridgehead atoms. The number of Topliss-reactive ketones (excluding diaryl/α,β-unsaturated/α-hetero) is 1. The summed E-state index contributed by atoms with van der Waals surface area (Å²) in [4.78, 5) is 16.3. The maximum Gasteiger partial charge on any atom is 0.166 e. The van der Waals surface area contributed by atoms with Gasteiger partial charge in [-0.05, 0) is 19.9 Å². The van der Waals surface area contributed by atoms with Crippen molar-refractivity contribution in [2.45, 2.75) is 25.9 Å². The molecule has 2 rings (SSSR count). The monoisotopic (exact) mass is 406 g/mol. The van der Waals surface area contributed by atoms with E-state index in [-0.39, 0.29) is 41.7 Å². The zero-order valence-corrected chi connectivity index (χ0v) is 17.2. The van der Waals surface area contributed by atoms with Gasteiger partial charge in [0.1, 0.15) is 17.3 Å². The van der Waals surface area contributed by atoms with Gasteiger partial charge in [0.2, 0.25) is 0 Å². The number of anilines is 3. The number of nitrogens with zero attached hydrogens (tertiary/aromatic N) is 1. The van der Waals surface area contributed by atoms with E-state index in [1.165, 1.54) is 28.3 Å². The molecular weight excluding hydrogens is 379 g/mol. The van der Waals surface area contributed by atoms with Gasteiger partial charge in [0.15, 0.2) is 17.4 Å². The number of aromatic nitrogens is 1. The van der Waals surface area contributed by atoms with Crippen molar-refractivity contribution >= 4 is 23.1 Å². The summed E-state index contributed by atoms with van der Waals surface area (Å²) in [6, 6.07) is 5.58. The quantitative estimate of drug-likeness (QED) is 0.517. The van der Waals surface area contributed by atoms with Gasteiger partial charge in [-0.1, -0.05) is 0 Å². The van der Waals surface area contributed by atoms with Crippen molar-refractivity contribution in [3.8, 4) is 11.5 Å². The second kappa shape index (κ2) is 10.0. The van der Waals surface area contributed by atoms with Crippen LogP contribution in [0.1, 0.15) is 24.2 Å². The lowest BCUT2D eigenvalue weighted by molar-refractivity contribution is 0.101. The van der Waals surface area contributed by atoms with E-state index in [1.54, 1.807) is 25.1 Å². The molecule has 0 saturated heterocycles. The van der Waals surface area contributed by atoms with Gasteiger partial charge in [0, 0.05) is 37.0 Å². The number of halogens is 1. The van der Waals surface area contributed by atoms with Crippen molar-refractivity contribution in [2.24, 2.45) is 5.73 Å². The molecule has 1 heterocycles. The molecule has 0 saturated carbocycles. The Labute approximate surface area is 169 Å². The van der Waals surface area contributed by atoms with E-state index in [1.807, 2.05) is 0 Å². The standard InChI is InChI=1S/C20H27FN4O4/c1-11(22)18(10-27-3)24-20-17(21)9-16(12(2)26)19(25-20)23-13-6-14(28-4)8-15(7-13)29-5/h6-9,11,18H,10,22H2,1-5H3,(H2,23,24,25)/t11-,18?/m0/s1. The highest BCUT2D eigenvalue weighted by atomic mass is 19.1. The Balaban J connectivity index is 2.45. The van der Waals surface area contributed by atoms with E-state index < -0.39 is 5.82 Å². The Bertz CT molecular complexity index is 838. The van der Waals surface area contributed by atoms with E-state index in [0.717, 1.165) is 6.07 Å². The summed E-state index contributed by atoms with van der Waals surface area (Å²) < 4.78 is 30.2. The fraction of sp³-hybridized carbons (Fsp3) is 0.400. The molecule has 8 nitrogen and oxygen atoms in total. The number of benzene rings is 1. The zero-order valence-electron chi connectivity index (χ0n) is 17.2. The molecule has 2 atom stereocenters. The molecule has 29 heavy (non-hydrogen) atoms. The molecule has 0 amide bonds. The predicted octanol–water partition coefficient (Wildman–Crippen LogP) is 2.96. The summed E-state index contributed by atoms with van der Waals surface area (Å²) >= 11 is 0. The largest absolute Gasteiger partial charge is 0.497 e. The first kappa shape index (κ1) is 22.4. The Hall–Kier alpha value is -2.91. The van der Waals surface area contributed by atoms with Crippen LogP contribution in [0.25, 0.3) is 0 Å². The van der Waals surface area contributed by atoms with Crippen LogP contribution in [0.5, 0.6) is 11.5 Å². The van der Waals surface area contributed by atoms with Gasteiger partial charge in [-0.2, -0.15) is 0 Å². The third-order valence-corrected chi connectivity index (χ3v) is 4.27. The number of ketones is 1. The summed E-state index contributed by atoms with van der Waals surface area (Å²) in [5.74, 6) is 0.263. The van der Waals surface area contributed by atoms with Crippen LogP contribution in [0.15, 0.2) is 24.3 Å². The molecule has 1 unspecified atom stereocenters. The minimum atomic E-state index is -0.661. The SMILES string of the molecule is COCC(Nc1nc(Nc2cc(OC)cc(OC)c2)c(C(C)=O)cc1F)[C@H](C)N. The van der Waals surface area contributed by atoms with Gasteiger partial charge in [0.25, 0.3) is 0 Å². The first-order valence-corrected chi connectivity index (χ1v) is 9.01. The smallest absolute Gasteiger partial charge is 0.166 e. The number of carbonyl (C=O) groups is 1. The van der Waals surface area contributed by atoms with Crippen LogP contribution in [0.2, 0.25) is 0 Å². The molecule has 0 fully saturated rings. The third kappa shape index (κ3) is 5.78. The van der Waals surface area contributed by atoms with Gasteiger partial charge < -0.3 is 30.6 Å². The Kier molecular flexibility index (Phi) is 7.74. The number of ether oxygens (including phenoxy) is 3. The highest BCUT2D eigenvalue weighted by molar-refractivity contribution is 5.99. The van der Waals surface area contributed by atoms with Crippen LogP contribution < -0.4 is 25.8 Å². The van der Waals surface area contributed by atoms with Crippen LogP contribution in [0.3, 0.4) is 0 Å². The van der Waals surface area contributed by atoms with Gasteiger partial charge >= 0.3 is 0 Å². The van der Waals surface area contributed by atoms with Gasteiger partial charge in [-0.3, -0.25) is 4.79 Å². The van der Waals surface area contributed by atoms with Crippen molar-refractivity contribution < 1.29 is 23.4 Å². The molecule has 1 aromatic carbocycles. The maximum absolute atomic E-state index is 14.6. The Morgan fingerprint density at radius 3 is 2.24 bits per heavy atom. The van der Waals surface area contributed by atoms with Crippen LogP contribution in [-0.4, -0.2) is 50.8 Å². The normalized spacial score (nSPS) is 12.8. The molecule has 0 radical (unpaired) electrons. The fourth-order valence-electron chi connectivity index (χ4n) is 2.65. The van der Waals surface area contributed by atoms with E-state index in [9.17, 15) is 9.18 Å². The maximum atomic E-state index is 14.6. The first-order valence-electron chi connectivity index (χ1n) is 9.01. The number of pyridine rings is 1. The van der Waals surface area contributed by atoms with Crippen LogP contribution >= 0.6 is 0 Å². The Morgan fingerprint density at radius 1 is 1.14 bits per heavy atom. The third-order valence-electron chi connectivity index (χ3n) is 4.27. The summed E-state index contributed by atoms with van der Waals surface area (Å²) in [6.45, 7) is 3.39. The van der Waals surface area contributed by atoms with Crippen molar-refractivity contribution in [2.75, 3.05) is 38.6 Å². The summed E-state index contributed by atoms with van der Waals surface area (Å²) in [6.07, 6.45) is 0. The lowest BCUT2D eigenvalue weighted by Gasteiger charge is -2.23. The molecule has 4 N–H and O–H groups in total. The zero-order chi connectivity index (χ0) is 21.6. The minimum Gasteiger partial charge on any atom is -0.497 e. The molecule has 0 aliphatic carbocycles. The van der Waals surface area contributed by atoms with Crippen LogP contribution in [0.4, 0.5) is 21.7 Å². The minimum absolute atomic E-state index is 0.0355. The van der Waals surface area contributed by atoms with Crippen LogP contribution in [-0.2, 0) is 4.74 Å². The van der Waals surface area contributed by atoms with Crippen molar-refractivity contribution in [1.82, 2.24) is 4.98 Å². The number of hydrogen-bond acceptors (Lipinski definition) is 8. The average molecular weight is 406 g/mol. The molecular formula is C20H27FN4O4. The number of nitrogens with one attached hydrogen (secondary N) is 2. The predicted molar refractivity (Wildman–Crippen MR) is 110 cm³/mol. The summed E-state index contributed by atoms with van der Waals surface area (Å²) in [7, 11) is 4.59. The second-order valence-electron chi connectivity index (χ2n) is 6.56. The lowest BCUT2D eigenvalue weighted by Crippen LogP contribution is -2.41. The highest BCUT2D eigenvalue weighted by Crippen LogP contribution is 2.30. The van der Waals surface area contributed by atoms with Crippen molar-refractivity contribution in [3.63, 3.8) is 0 Å². The first-order chi connectivity index (χ1) is 13.8. The number of hydrogen-bond donors (Lipinski definition) is 3. The molecule has 9 heteroatoms. The number of rotatable bonds is 10. The highest BCUT2D eigenvalue weighted by Gasteiger charge is 2.20. The van der Waals surface area contributed by atoms with Gasteiger partial charge in [-0.15, -0.1) is 0 Å². The molecule has 1 aromatic heterocycles. The molecule has 158 valence electrons. The van der Waals surface area contributed by atoms with Gasteiger partial charge in [-0.25, -0.2) is 9.37 Å². The molecule has 2 aromatic rings. The summed E-state index contributed by atoms with van der Waals surface area (Å²) in [5.41, 5.74) is 6.61. The number of methoxy groups -OCH3 is 3. The molecule has 0 aliphatic rings. The fourth-order valence-corrected chi connectivity index (χ4v) is 2.65. The van der Waals surface area contributed by atoms with Crippen molar-refractivity contribution in [1.29, 1.82) is 0 Å².